The van der Waals surface area contributed by atoms with Crippen molar-refractivity contribution in [2.24, 2.45) is 0 Å². The van der Waals surface area contributed by atoms with Crippen molar-refractivity contribution in [2.75, 3.05) is 13.1 Å². The van der Waals surface area contributed by atoms with E-state index in [0.717, 1.165) is 23.9 Å². The van der Waals surface area contributed by atoms with E-state index in [1.54, 1.807) is 27.0 Å². The Morgan fingerprint density at radius 1 is 1.37 bits per heavy atom. The van der Waals surface area contributed by atoms with E-state index in [9.17, 15) is 13.6 Å². The molecule has 0 spiro atoms. The molecular weight excluding hydrogens is 404 g/mol. The standard InChI is InChI=1S/C21H30N4O4S/c1-20(2,3)29-19(26)24-15-11-21(12-15,30(27)28)25-9-6-14(7-10-25)17-13-23-18-16(17)5-4-8-22-18/h4-5,8,13-15H,6-7,9-12H2,1-3H3,(H,22,23)(H,24,26)(H,27,28)/p-1. The zero-order valence-electron chi connectivity index (χ0n) is 17.6. The largest absolute Gasteiger partial charge is 0.771 e. The van der Waals surface area contributed by atoms with E-state index in [1.165, 1.54) is 5.56 Å². The molecule has 2 aliphatic rings. The van der Waals surface area contributed by atoms with Gasteiger partial charge in [-0.3, -0.25) is 9.11 Å². The van der Waals surface area contributed by atoms with Crippen LogP contribution in [0.1, 0.15) is 57.9 Å². The number of carbonyl (C=O) groups excluding carboxylic acids is 1. The molecule has 4 rings (SSSR count). The molecule has 2 aromatic heterocycles. The lowest BCUT2D eigenvalue weighted by Gasteiger charge is -2.56. The van der Waals surface area contributed by atoms with Crippen molar-refractivity contribution in [3.05, 3.63) is 30.1 Å². The van der Waals surface area contributed by atoms with Crippen LogP contribution in [-0.4, -0.2) is 59.3 Å². The average Bonchev–Trinajstić information content (AvgIpc) is 3.07. The first-order valence-electron chi connectivity index (χ1n) is 10.4. The highest BCUT2D eigenvalue weighted by Crippen LogP contribution is 2.44. The third kappa shape index (κ3) is 4.10. The van der Waals surface area contributed by atoms with E-state index in [2.05, 4.69) is 26.3 Å². The van der Waals surface area contributed by atoms with Gasteiger partial charge >= 0.3 is 6.09 Å². The Morgan fingerprint density at radius 2 is 2.07 bits per heavy atom. The predicted molar refractivity (Wildman–Crippen MR) is 114 cm³/mol. The predicted octanol–water partition coefficient (Wildman–Crippen LogP) is 3.00. The van der Waals surface area contributed by atoms with Crippen LogP contribution in [0.25, 0.3) is 11.0 Å². The Kier molecular flexibility index (Phi) is 5.63. The van der Waals surface area contributed by atoms with Crippen molar-refractivity contribution in [3.8, 4) is 0 Å². The Bertz CT molecular complexity index is 940. The van der Waals surface area contributed by atoms with Gasteiger partial charge in [0.1, 0.15) is 11.2 Å². The van der Waals surface area contributed by atoms with E-state index < -0.39 is 27.6 Å². The molecule has 0 radical (unpaired) electrons. The van der Waals surface area contributed by atoms with Crippen LogP contribution in [0.5, 0.6) is 0 Å². The first-order chi connectivity index (χ1) is 14.2. The number of alkyl carbamates (subject to hydrolysis) is 1. The number of rotatable bonds is 4. The van der Waals surface area contributed by atoms with Crippen LogP contribution in [0.3, 0.4) is 0 Å². The van der Waals surface area contributed by atoms with E-state index in [-0.39, 0.29) is 6.04 Å². The van der Waals surface area contributed by atoms with Crippen LogP contribution in [0.2, 0.25) is 0 Å². The zero-order chi connectivity index (χ0) is 21.5. The molecule has 1 saturated carbocycles. The summed E-state index contributed by atoms with van der Waals surface area (Å²) in [5.41, 5.74) is 1.57. The molecule has 3 heterocycles. The topological polar surface area (TPSA) is 110 Å². The molecule has 1 amide bonds. The number of H-pyrrole nitrogens is 1. The summed E-state index contributed by atoms with van der Waals surface area (Å²) in [6.45, 7) is 6.84. The molecule has 1 atom stereocenters. The van der Waals surface area contributed by atoms with Gasteiger partial charge in [0.2, 0.25) is 0 Å². The van der Waals surface area contributed by atoms with Crippen molar-refractivity contribution in [1.82, 2.24) is 20.2 Å². The van der Waals surface area contributed by atoms with Crippen LogP contribution < -0.4 is 5.32 Å². The average molecular weight is 434 g/mol. The maximum absolute atomic E-state index is 12.1. The van der Waals surface area contributed by atoms with Crippen molar-refractivity contribution >= 4 is 28.2 Å². The second kappa shape index (κ2) is 7.94. The Balaban J connectivity index is 1.37. The minimum absolute atomic E-state index is 0.185. The molecule has 164 valence electrons. The number of aromatic amines is 1. The fraction of sp³-hybridized carbons (Fsp3) is 0.619. The Morgan fingerprint density at radius 3 is 2.70 bits per heavy atom. The van der Waals surface area contributed by atoms with Crippen molar-refractivity contribution in [1.29, 1.82) is 0 Å². The van der Waals surface area contributed by atoms with Gasteiger partial charge in [-0.1, -0.05) is 0 Å². The van der Waals surface area contributed by atoms with E-state index >= 15 is 0 Å². The van der Waals surface area contributed by atoms with Crippen LogP contribution in [0, 0.1) is 0 Å². The summed E-state index contributed by atoms with van der Waals surface area (Å²) in [4.78, 5) is 20.8. The van der Waals surface area contributed by atoms with Crippen LogP contribution in [0.15, 0.2) is 24.5 Å². The Hall–Kier alpha value is -1.97. The lowest BCUT2D eigenvalue weighted by atomic mass is 9.81. The molecule has 2 fully saturated rings. The van der Waals surface area contributed by atoms with Gasteiger partial charge in [-0.2, -0.15) is 0 Å². The molecule has 1 aliphatic carbocycles. The fourth-order valence-electron chi connectivity index (χ4n) is 4.70. The highest BCUT2D eigenvalue weighted by molar-refractivity contribution is 7.80. The monoisotopic (exact) mass is 433 g/mol. The number of piperidine rings is 1. The molecular formula is C21H29N4O4S-. The maximum Gasteiger partial charge on any atom is 0.407 e. The number of nitrogens with one attached hydrogen (secondary N) is 2. The van der Waals surface area contributed by atoms with Gasteiger partial charge in [0.15, 0.2) is 0 Å². The SMILES string of the molecule is CC(C)(C)OC(=O)NC1CC(N2CCC(c3c[nH]c4ncccc34)CC2)(S(=O)[O-])C1. The van der Waals surface area contributed by atoms with Crippen molar-refractivity contribution < 1.29 is 18.3 Å². The lowest BCUT2D eigenvalue weighted by Crippen LogP contribution is -2.66. The third-order valence-corrected chi connectivity index (χ3v) is 7.37. The molecule has 2 N–H and O–H groups in total. The summed E-state index contributed by atoms with van der Waals surface area (Å²) in [7, 11) is 0. The van der Waals surface area contributed by atoms with Gasteiger partial charge < -0.3 is 19.6 Å². The molecule has 0 bridgehead atoms. The highest BCUT2D eigenvalue weighted by Gasteiger charge is 2.51. The second-order valence-corrected chi connectivity index (χ2v) is 10.6. The number of amides is 1. The highest BCUT2D eigenvalue weighted by atomic mass is 32.2. The van der Waals surface area contributed by atoms with E-state index in [4.69, 9.17) is 4.74 Å². The van der Waals surface area contributed by atoms with Gasteiger partial charge in [0.25, 0.3) is 0 Å². The van der Waals surface area contributed by atoms with Crippen LogP contribution in [0.4, 0.5) is 4.79 Å². The number of fused-ring (bicyclic) bond motifs is 1. The fourth-order valence-corrected chi connectivity index (χ4v) is 5.77. The van der Waals surface area contributed by atoms with E-state index in [1.807, 2.05) is 12.3 Å². The smallest absolute Gasteiger partial charge is 0.407 e. The normalized spacial score (nSPS) is 26.9. The lowest BCUT2D eigenvalue weighted by molar-refractivity contribution is 0.0202. The third-order valence-electron chi connectivity index (χ3n) is 6.16. The molecule has 1 unspecified atom stereocenters. The molecule has 2 aromatic rings. The van der Waals surface area contributed by atoms with Crippen molar-refractivity contribution in [2.45, 2.75) is 68.9 Å². The van der Waals surface area contributed by atoms with Gasteiger partial charge in [-0.05, 0) is 81.1 Å². The molecule has 0 aromatic carbocycles. The number of hydrogen-bond acceptors (Lipinski definition) is 6. The van der Waals surface area contributed by atoms with Crippen LogP contribution in [-0.2, 0) is 15.8 Å². The van der Waals surface area contributed by atoms with Gasteiger partial charge in [-0.25, -0.2) is 9.78 Å². The number of aromatic nitrogens is 2. The number of carbonyl (C=O) groups is 1. The summed E-state index contributed by atoms with van der Waals surface area (Å²) in [6, 6.07) is 3.83. The minimum Gasteiger partial charge on any atom is -0.771 e. The second-order valence-electron chi connectivity index (χ2n) is 9.34. The van der Waals surface area contributed by atoms with Gasteiger partial charge in [0, 0.05) is 36.9 Å². The molecule has 30 heavy (non-hydrogen) atoms. The summed E-state index contributed by atoms with van der Waals surface area (Å²) in [6.07, 6.45) is 5.88. The summed E-state index contributed by atoms with van der Waals surface area (Å²) in [5.74, 6) is 0.382. The summed E-state index contributed by atoms with van der Waals surface area (Å²) >= 11 is -2.24. The summed E-state index contributed by atoms with van der Waals surface area (Å²) < 4.78 is 29.6. The number of likely N-dealkylation sites (tertiary alicyclic amines) is 1. The molecule has 8 nitrogen and oxygen atoms in total. The van der Waals surface area contributed by atoms with Crippen LogP contribution >= 0.6 is 0 Å². The number of nitrogens with zero attached hydrogens (tertiary/aromatic N) is 2. The molecule has 9 heteroatoms. The number of hydrogen-bond donors (Lipinski definition) is 2. The Labute approximate surface area is 179 Å². The summed E-state index contributed by atoms with van der Waals surface area (Å²) in [5, 5.41) is 3.94. The first-order valence-corrected chi connectivity index (χ1v) is 11.5. The quantitative estimate of drug-likeness (QED) is 0.717. The van der Waals surface area contributed by atoms with Crippen molar-refractivity contribution in [3.63, 3.8) is 0 Å². The molecule has 1 saturated heterocycles. The number of ether oxygens (including phenoxy) is 1. The minimum atomic E-state index is -2.24. The zero-order valence-corrected chi connectivity index (χ0v) is 18.5. The maximum atomic E-state index is 12.1. The van der Waals surface area contributed by atoms with Gasteiger partial charge in [-0.15, -0.1) is 0 Å². The first kappa shape index (κ1) is 21.3. The number of pyridine rings is 1. The molecule has 1 aliphatic heterocycles. The van der Waals surface area contributed by atoms with Gasteiger partial charge in [0.05, 0.1) is 4.87 Å². The van der Waals surface area contributed by atoms with E-state index in [0.29, 0.717) is 31.8 Å².